The largest absolute Gasteiger partial charge is 0.378 e. The van der Waals surface area contributed by atoms with Gasteiger partial charge in [-0.3, -0.25) is 0 Å². The molecule has 2 aliphatic rings. The molecule has 3 atom stereocenters. The van der Waals surface area contributed by atoms with Crippen LogP contribution in [0.25, 0.3) is 0 Å². The second-order valence-corrected chi connectivity index (χ2v) is 7.91. The first-order valence-electron chi connectivity index (χ1n) is 8.10. The molecule has 2 N–H and O–H groups in total. The molecule has 124 valence electrons. The predicted molar refractivity (Wildman–Crippen MR) is 83.3 cm³/mol. The van der Waals surface area contributed by atoms with Gasteiger partial charge in [0.25, 0.3) is 10.2 Å². The third kappa shape index (κ3) is 4.89. The second-order valence-electron chi connectivity index (χ2n) is 6.15. The molecule has 0 saturated carbocycles. The summed E-state index contributed by atoms with van der Waals surface area (Å²) in [4.78, 5) is 0. The third-order valence-electron chi connectivity index (χ3n) is 4.57. The van der Waals surface area contributed by atoms with Gasteiger partial charge >= 0.3 is 0 Å². The van der Waals surface area contributed by atoms with Crippen molar-refractivity contribution in [2.75, 3.05) is 39.3 Å². The van der Waals surface area contributed by atoms with Gasteiger partial charge in [0.1, 0.15) is 0 Å². The highest BCUT2D eigenvalue weighted by Crippen LogP contribution is 2.21. The molecule has 0 aliphatic carbocycles. The Hall–Kier alpha value is -0.210. The lowest BCUT2D eigenvalue weighted by Gasteiger charge is -2.32. The fourth-order valence-corrected chi connectivity index (χ4v) is 4.49. The van der Waals surface area contributed by atoms with Crippen molar-refractivity contribution in [3.8, 4) is 0 Å². The molecule has 0 radical (unpaired) electrons. The summed E-state index contributed by atoms with van der Waals surface area (Å²) in [6.45, 7) is 8.40. The molecule has 0 spiro atoms. The molecule has 0 aromatic heterocycles. The van der Waals surface area contributed by atoms with E-state index < -0.39 is 10.2 Å². The Balaban J connectivity index is 1.83. The van der Waals surface area contributed by atoms with Crippen molar-refractivity contribution in [2.45, 2.75) is 39.2 Å². The van der Waals surface area contributed by atoms with E-state index in [1.807, 2.05) is 6.92 Å². The van der Waals surface area contributed by atoms with Gasteiger partial charge < -0.3 is 10.1 Å². The zero-order valence-electron chi connectivity index (χ0n) is 13.2. The molecule has 0 aromatic carbocycles. The Morgan fingerprint density at radius 1 is 1.29 bits per heavy atom. The number of ether oxygens (including phenoxy) is 1. The van der Waals surface area contributed by atoms with Gasteiger partial charge in [-0.1, -0.05) is 6.92 Å². The predicted octanol–water partition coefficient (Wildman–Crippen LogP) is 0.567. The Kier molecular flexibility index (Phi) is 6.43. The molecular formula is C14H29N3O3S. The van der Waals surface area contributed by atoms with Crippen LogP contribution >= 0.6 is 0 Å². The fourth-order valence-electron chi connectivity index (χ4n) is 3.11. The summed E-state index contributed by atoms with van der Waals surface area (Å²) in [6, 6.07) is 0. The first kappa shape index (κ1) is 17.1. The van der Waals surface area contributed by atoms with E-state index in [0.717, 1.165) is 39.0 Å². The molecule has 2 aliphatic heterocycles. The lowest BCUT2D eigenvalue weighted by molar-refractivity contribution is 0.106. The monoisotopic (exact) mass is 319 g/mol. The lowest BCUT2D eigenvalue weighted by atomic mass is 10.00. The maximum absolute atomic E-state index is 12.4. The summed E-state index contributed by atoms with van der Waals surface area (Å²) in [6.07, 6.45) is 3.13. The Morgan fingerprint density at radius 3 is 2.76 bits per heavy atom. The summed E-state index contributed by atoms with van der Waals surface area (Å²) in [5, 5.41) is 3.31. The topological polar surface area (TPSA) is 70.7 Å². The summed E-state index contributed by atoms with van der Waals surface area (Å²) in [5.41, 5.74) is 0. The quantitative estimate of drug-likeness (QED) is 0.720. The van der Waals surface area contributed by atoms with Crippen LogP contribution in [0.4, 0.5) is 0 Å². The normalized spacial score (nSPS) is 31.6. The molecule has 2 saturated heterocycles. The molecule has 6 nitrogen and oxygen atoms in total. The Bertz CT molecular complexity index is 416. The number of hydrogen-bond acceptors (Lipinski definition) is 4. The van der Waals surface area contributed by atoms with Gasteiger partial charge in [0.2, 0.25) is 0 Å². The van der Waals surface area contributed by atoms with Crippen LogP contribution in [-0.4, -0.2) is 58.2 Å². The molecule has 3 unspecified atom stereocenters. The van der Waals surface area contributed by atoms with Crippen LogP contribution in [-0.2, 0) is 14.9 Å². The lowest BCUT2D eigenvalue weighted by Crippen LogP contribution is -2.48. The van der Waals surface area contributed by atoms with E-state index in [4.69, 9.17) is 4.74 Å². The Labute approximate surface area is 128 Å². The van der Waals surface area contributed by atoms with Gasteiger partial charge in [0, 0.05) is 32.2 Å². The van der Waals surface area contributed by atoms with E-state index in [2.05, 4.69) is 17.0 Å². The van der Waals surface area contributed by atoms with E-state index in [1.165, 1.54) is 0 Å². The summed E-state index contributed by atoms with van der Waals surface area (Å²) < 4.78 is 34.7. The fraction of sp³-hybridized carbons (Fsp3) is 1.00. The molecule has 7 heteroatoms. The van der Waals surface area contributed by atoms with Crippen molar-refractivity contribution in [3.63, 3.8) is 0 Å². The average molecular weight is 319 g/mol. The van der Waals surface area contributed by atoms with Crippen LogP contribution in [0.1, 0.15) is 33.1 Å². The van der Waals surface area contributed by atoms with Crippen molar-refractivity contribution < 1.29 is 13.2 Å². The van der Waals surface area contributed by atoms with Crippen LogP contribution in [0.5, 0.6) is 0 Å². The maximum Gasteiger partial charge on any atom is 0.279 e. The van der Waals surface area contributed by atoms with Crippen molar-refractivity contribution in [2.24, 2.45) is 11.8 Å². The van der Waals surface area contributed by atoms with Crippen LogP contribution in [0.15, 0.2) is 0 Å². The molecule has 2 rings (SSSR count). The molecular weight excluding hydrogens is 290 g/mol. The molecule has 0 amide bonds. The third-order valence-corrected chi connectivity index (χ3v) is 6.11. The van der Waals surface area contributed by atoms with Crippen molar-refractivity contribution in [1.29, 1.82) is 0 Å². The van der Waals surface area contributed by atoms with Crippen molar-refractivity contribution in [1.82, 2.24) is 14.3 Å². The van der Waals surface area contributed by atoms with Gasteiger partial charge in [-0.2, -0.15) is 12.7 Å². The molecule has 21 heavy (non-hydrogen) atoms. The van der Waals surface area contributed by atoms with E-state index in [1.54, 1.807) is 4.31 Å². The van der Waals surface area contributed by atoms with E-state index in [0.29, 0.717) is 31.5 Å². The van der Waals surface area contributed by atoms with Crippen LogP contribution in [0.2, 0.25) is 0 Å². The summed E-state index contributed by atoms with van der Waals surface area (Å²) >= 11 is 0. The van der Waals surface area contributed by atoms with Gasteiger partial charge in [0.15, 0.2) is 0 Å². The SMILES string of the molecule is CCNCC1CCCN(S(=O)(=O)NCC2CCOC2C)C1. The number of nitrogens with zero attached hydrogens (tertiary/aromatic N) is 1. The zero-order chi connectivity index (χ0) is 15.3. The minimum atomic E-state index is -3.35. The smallest absolute Gasteiger partial charge is 0.279 e. The highest BCUT2D eigenvalue weighted by molar-refractivity contribution is 7.87. The van der Waals surface area contributed by atoms with Gasteiger partial charge in [0.05, 0.1) is 6.10 Å². The molecule has 2 fully saturated rings. The summed E-state index contributed by atoms with van der Waals surface area (Å²) in [5.74, 6) is 0.714. The highest BCUT2D eigenvalue weighted by atomic mass is 32.2. The highest BCUT2D eigenvalue weighted by Gasteiger charge is 2.31. The van der Waals surface area contributed by atoms with Crippen molar-refractivity contribution in [3.05, 3.63) is 0 Å². The minimum absolute atomic E-state index is 0.149. The first-order valence-corrected chi connectivity index (χ1v) is 9.54. The maximum atomic E-state index is 12.4. The average Bonchev–Trinajstić information content (AvgIpc) is 2.89. The van der Waals surface area contributed by atoms with Gasteiger partial charge in [-0.15, -0.1) is 0 Å². The molecule has 2 heterocycles. The van der Waals surface area contributed by atoms with E-state index in [-0.39, 0.29) is 6.10 Å². The van der Waals surface area contributed by atoms with Gasteiger partial charge in [-0.25, -0.2) is 4.72 Å². The van der Waals surface area contributed by atoms with E-state index in [9.17, 15) is 8.42 Å². The van der Waals surface area contributed by atoms with E-state index >= 15 is 0 Å². The standard InChI is InChI=1S/C14H29N3O3S/c1-3-15-9-13-5-4-7-17(11-13)21(18,19)16-10-14-6-8-20-12(14)2/h12-16H,3-11H2,1-2H3. The molecule has 0 aromatic rings. The first-order chi connectivity index (χ1) is 10.0. The van der Waals surface area contributed by atoms with Crippen LogP contribution in [0.3, 0.4) is 0 Å². The van der Waals surface area contributed by atoms with Crippen LogP contribution in [0, 0.1) is 11.8 Å². The Morgan fingerprint density at radius 2 is 2.10 bits per heavy atom. The molecule has 0 bridgehead atoms. The van der Waals surface area contributed by atoms with Crippen LogP contribution < -0.4 is 10.0 Å². The van der Waals surface area contributed by atoms with Crippen molar-refractivity contribution >= 4 is 10.2 Å². The minimum Gasteiger partial charge on any atom is -0.378 e. The number of piperidine rings is 1. The van der Waals surface area contributed by atoms with Gasteiger partial charge in [-0.05, 0) is 45.2 Å². The number of rotatable bonds is 7. The second kappa shape index (κ2) is 7.87. The number of nitrogens with one attached hydrogen (secondary N) is 2. The zero-order valence-corrected chi connectivity index (χ0v) is 14.0. The number of hydrogen-bond donors (Lipinski definition) is 2. The summed E-state index contributed by atoms with van der Waals surface area (Å²) in [7, 11) is -3.35.